The van der Waals surface area contributed by atoms with Gasteiger partial charge in [-0.15, -0.1) is 0 Å². The first-order chi connectivity index (χ1) is 8.43. The number of thiol groups is 1. The van der Waals surface area contributed by atoms with Crippen molar-refractivity contribution in [3.05, 3.63) is 24.0 Å². The van der Waals surface area contributed by atoms with Crippen LogP contribution in [0.2, 0.25) is 0 Å². The first kappa shape index (κ1) is 14.5. The van der Waals surface area contributed by atoms with Gasteiger partial charge < -0.3 is 10.1 Å². The Kier molecular flexibility index (Phi) is 5.15. The molecule has 0 aliphatic carbocycles. The molecule has 1 unspecified atom stereocenters. The fourth-order valence-electron chi connectivity index (χ4n) is 1.10. The number of hydrogen-bond acceptors (Lipinski definition) is 4. The lowest BCUT2D eigenvalue weighted by Crippen LogP contribution is -2.18. The van der Waals surface area contributed by atoms with E-state index in [1.54, 1.807) is 13.8 Å². The van der Waals surface area contributed by atoms with Gasteiger partial charge in [0.15, 0.2) is 0 Å². The third kappa shape index (κ3) is 4.03. The summed E-state index contributed by atoms with van der Waals surface area (Å²) in [7, 11) is 0. The summed E-state index contributed by atoms with van der Waals surface area (Å²) in [6.45, 7) is 3.22. The Labute approximate surface area is 110 Å². The van der Waals surface area contributed by atoms with Crippen LogP contribution in [0.1, 0.15) is 20.3 Å². The Morgan fingerprint density at radius 2 is 2.17 bits per heavy atom. The van der Waals surface area contributed by atoms with Crippen molar-refractivity contribution in [1.82, 2.24) is 0 Å². The fraction of sp³-hybridized carbons (Fsp3) is 0.333. The predicted octanol–water partition coefficient (Wildman–Crippen LogP) is 2.40. The van der Waals surface area contributed by atoms with Gasteiger partial charge in [-0.1, -0.05) is 6.92 Å². The molecular weight excluding hydrogens is 257 g/mol. The molecule has 0 aliphatic rings. The fourth-order valence-corrected chi connectivity index (χ4v) is 1.16. The summed E-state index contributed by atoms with van der Waals surface area (Å²) in [4.78, 5) is 22.5. The summed E-state index contributed by atoms with van der Waals surface area (Å²) in [5.41, 5.74) is -0.0148. The second-order valence-electron chi connectivity index (χ2n) is 3.64. The number of hydrogen-bond donors (Lipinski definition) is 2. The first-order valence-electron chi connectivity index (χ1n) is 5.43. The molecule has 1 atom stereocenters. The van der Waals surface area contributed by atoms with Crippen LogP contribution < -0.4 is 10.1 Å². The molecule has 1 N–H and O–H groups in total. The Bertz CT molecular complexity index is 463. The molecule has 1 amide bonds. The number of carbonyl (C=O) groups is 2. The Hall–Kier alpha value is -1.56. The van der Waals surface area contributed by atoms with Gasteiger partial charge in [0.25, 0.3) is 0 Å². The number of esters is 1. The highest BCUT2D eigenvalue weighted by Crippen LogP contribution is 2.22. The van der Waals surface area contributed by atoms with Crippen molar-refractivity contribution in [3.8, 4) is 5.75 Å². The number of carbonyl (C=O) groups excluding carboxylic acids is 2. The number of ether oxygens (including phenoxy) is 1. The van der Waals surface area contributed by atoms with E-state index in [4.69, 9.17) is 4.74 Å². The van der Waals surface area contributed by atoms with E-state index in [2.05, 4.69) is 17.9 Å². The molecule has 0 aromatic heterocycles. The summed E-state index contributed by atoms with van der Waals surface area (Å²) in [5, 5.41) is 1.80. The van der Waals surface area contributed by atoms with Crippen LogP contribution in [0.5, 0.6) is 5.75 Å². The minimum Gasteiger partial charge on any atom is -0.426 e. The van der Waals surface area contributed by atoms with Crippen LogP contribution in [0.4, 0.5) is 10.1 Å². The Balaban J connectivity index is 2.86. The van der Waals surface area contributed by atoms with Crippen molar-refractivity contribution in [2.45, 2.75) is 25.5 Å². The normalized spacial score (nSPS) is 11.8. The molecule has 4 nitrogen and oxygen atoms in total. The molecule has 6 heteroatoms. The van der Waals surface area contributed by atoms with Crippen LogP contribution in [0.25, 0.3) is 0 Å². The van der Waals surface area contributed by atoms with E-state index in [-0.39, 0.29) is 23.8 Å². The number of amides is 1. The van der Waals surface area contributed by atoms with E-state index in [1.165, 1.54) is 12.1 Å². The molecular formula is C12H14FNO3S. The Morgan fingerprint density at radius 3 is 2.72 bits per heavy atom. The highest BCUT2D eigenvalue weighted by molar-refractivity contribution is 7.81. The van der Waals surface area contributed by atoms with Crippen molar-refractivity contribution in [1.29, 1.82) is 0 Å². The zero-order valence-electron chi connectivity index (χ0n) is 10.1. The molecule has 0 saturated carbocycles. The number of halogens is 1. The van der Waals surface area contributed by atoms with Gasteiger partial charge >= 0.3 is 5.97 Å². The zero-order chi connectivity index (χ0) is 13.7. The molecule has 0 bridgehead atoms. The number of anilines is 1. The molecule has 18 heavy (non-hydrogen) atoms. The lowest BCUT2D eigenvalue weighted by Gasteiger charge is -2.09. The van der Waals surface area contributed by atoms with Gasteiger partial charge in [0.1, 0.15) is 11.6 Å². The van der Waals surface area contributed by atoms with Crippen molar-refractivity contribution in [3.63, 3.8) is 0 Å². The molecule has 98 valence electrons. The maximum absolute atomic E-state index is 13.4. The quantitative estimate of drug-likeness (QED) is 0.502. The van der Waals surface area contributed by atoms with Gasteiger partial charge in [-0.3, -0.25) is 9.59 Å². The van der Waals surface area contributed by atoms with E-state index in [1.807, 2.05) is 0 Å². The maximum Gasteiger partial charge on any atom is 0.323 e. The smallest absolute Gasteiger partial charge is 0.323 e. The summed E-state index contributed by atoms with van der Waals surface area (Å²) in [6, 6.07) is 3.69. The molecule has 0 heterocycles. The third-order valence-corrected chi connectivity index (χ3v) is 2.30. The lowest BCUT2D eigenvalue weighted by molar-refractivity contribution is -0.133. The summed E-state index contributed by atoms with van der Waals surface area (Å²) < 4.78 is 18.3. The molecule has 1 rings (SSSR count). The minimum absolute atomic E-state index is 0.0148. The van der Waals surface area contributed by atoms with E-state index in [0.29, 0.717) is 0 Å². The van der Waals surface area contributed by atoms with Gasteiger partial charge in [-0.05, 0) is 19.1 Å². The molecule has 0 aliphatic heterocycles. The highest BCUT2D eigenvalue weighted by Gasteiger charge is 2.13. The largest absolute Gasteiger partial charge is 0.426 e. The van der Waals surface area contributed by atoms with Gasteiger partial charge in [0.2, 0.25) is 5.91 Å². The third-order valence-electron chi connectivity index (χ3n) is 2.09. The average molecular weight is 271 g/mol. The molecule has 0 spiro atoms. The molecule has 0 radical (unpaired) electrons. The minimum atomic E-state index is -0.587. The SMILES string of the molecule is CCC(=O)Nc1cc(OC(=O)C(C)S)ccc1F. The van der Waals surface area contributed by atoms with Gasteiger partial charge in [-0.25, -0.2) is 4.39 Å². The lowest BCUT2D eigenvalue weighted by atomic mass is 10.2. The Morgan fingerprint density at radius 1 is 1.50 bits per heavy atom. The predicted molar refractivity (Wildman–Crippen MR) is 69.4 cm³/mol. The second-order valence-corrected chi connectivity index (χ2v) is 4.42. The van der Waals surface area contributed by atoms with Crippen molar-refractivity contribution in [2.24, 2.45) is 0 Å². The monoisotopic (exact) mass is 271 g/mol. The summed E-state index contributed by atoms with van der Waals surface area (Å²) in [5.74, 6) is -1.29. The molecule has 1 aromatic carbocycles. The standard InChI is InChI=1S/C12H14FNO3S/c1-3-11(15)14-10-6-8(4-5-9(10)13)17-12(16)7(2)18/h4-7,18H,3H2,1-2H3,(H,14,15). The molecule has 1 aromatic rings. The first-order valence-corrected chi connectivity index (χ1v) is 5.94. The van der Waals surface area contributed by atoms with E-state index in [9.17, 15) is 14.0 Å². The topological polar surface area (TPSA) is 55.4 Å². The molecule has 0 saturated heterocycles. The second kappa shape index (κ2) is 6.39. The van der Waals surface area contributed by atoms with Gasteiger partial charge in [0, 0.05) is 12.5 Å². The zero-order valence-corrected chi connectivity index (χ0v) is 11.0. The summed E-state index contributed by atoms with van der Waals surface area (Å²) >= 11 is 3.92. The number of nitrogens with one attached hydrogen (secondary N) is 1. The van der Waals surface area contributed by atoms with Crippen molar-refractivity contribution in [2.75, 3.05) is 5.32 Å². The van der Waals surface area contributed by atoms with E-state index in [0.717, 1.165) is 6.07 Å². The van der Waals surface area contributed by atoms with Crippen LogP contribution in [0, 0.1) is 5.82 Å². The van der Waals surface area contributed by atoms with E-state index >= 15 is 0 Å². The summed E-state index contributed by atoms with van der Waals surface area (Å²) in [6.07, 6.45) is 0.233. The van der Waals surface area contributed by atoms with Crippen molar-refractivity contribution >= 4 is 30.2 Å². The average Bonchev–Trinajstić information content (AvgIpc) is 2.33. The number of rotatable bonds is 4. The van der Waals surface area contributed by atoms with Gasteiger partial charge in [0.05, 0.1) is 10.9 Å². The van der Waals surface area contributed by atoms with Gasteiger partial charge in [-0.2, -0.15) is 12.6 Å². The number of benzene rings is 1. The van der Waals surface area contributed by atoms with E-state index < -0.39 is 17.0 Å². The highest BCUT2D eigenvalue weighted by atomic mass is 32.1. The van der Waals surface area contributed by atoms with Crippen LogP contribution in [0.15, 0.2) is 18.2 Å². The van der Waals surface area contributed by atoms with Crippen molar-refractivity contribution < 1.29 is 18.7 Å². The van der Waals surface area contributed by atoms with Crippen LogP contribution >= 0.6 is 12.6 Å². The maximum atomic E-state index is 13.4. The van der Waals surface area contributed by atoms with Crippen LogP contribution in [-0.4, -0.2) is 17.1 Å². The van der Waals surface area contributed by atoms with Crippen LogP contribution in [-0.2, 0) is 9.59 Å². The molecule has 0 fully saturated rings. The van der Waals surface area contributed by atoms with Crippen LogP contribution in [0.3, 0.4) is 0 Å².